The molecule has 0 spiro atoms. The third-order valence-corrected chi connectivity index (χ3v) is 3.76. The molecule has 0 bridgehead atoms. The van der Waals surface area contributed by atoms with Crippen molar-refractivity contribution in [3.05, 3.63) is 52.3 Å². The van der Waals surface area contributed by atoms with Crippen LogP contribution in [0.1, 0.15) is 42.5 Å². The van der Waals surface area contributed by atoms with Crippen LogP contribution in [0.15, 0.2) is 24.3 Å². The Bertz CT molecular complexity index is 832. The monoisotopic (exact) mass is 343 g/mol. The number of carboxylic acid groups (broad SMARTS) is 1. The molecule has 0 unspecified atom stereocenters. The Morgan fingerprint density at radius 3 is 1.84 bits per heavy atom. The largest absolute Gasteiger partial charge is 0.478 e. The highest BCUT2D eigenvalue weighted by atomic mass is 16.5. The molecule has 0 aliphatic heterocycles. The lowest BCUT2D eigenvalue weighted by Gasteiger charge is -2.18. The zero-order valence-corrected chi connectivity index (χ0v) is 14.2. The third kappa shape index (κ3) is 3.21. The highest BCUT2D eigenvalue weighted by Gasteiger charge is 2.29. The molecule has 130 valence electrons. The van der Waals surface area contributed by atoms with Crippen LogP contribution < -0.4 is 0 Å². The first-order valence-electron chi connectivity index (χ1n) is 7.34. The van der Waals surface area contributed by atoms with Gasteiger partial charge in [-0.3, -0.25) is 4.98 Å². The quantitative estimate of drug-likeness (QED) is 0.851. The van der Waals surface area contributed by atoms with Gasteiger partial charge in [0.05, 0.1) is 42.3 Å². The zero-order valence-electron chi connectivity index (χ0n) is 14.2. The number of aromatic nitrogens is 1. The molecule has 2 aromatic rings. The van der Waals surface area contributed by atoms with E-state index in [1.807, 2.05) is 0 Å². The summed E-state index contributed by atoms with van der Waals surface area (Å²) in [4.78, 5) is 40.5. The molecule has 0 atom stereocenters. The summed E-state index contributed by atoms with van der Waals surface area (Å²) >= 11 is 0. The summed E-state index contributed by atoms with van der Waals surface area (Å²) in [6.07, 6.45) is 0. The summed E-state index contributed by atoms with van der Waals surface area (Å²) < 4.78 is 9.62. The van der Waals surface area contributed by atoms with Gasteiger partial charge in [-0.2, -0.15) is 0 Å². The predicted molar refractivity (Wildman–Crippen MR) is 88.8 cm³/mol. The second-order valence-corrected chi connectivity index (χ2v) is 5.24. The highest BCUT2D eigenvalue weighted by molar-refractivity contribution is 6.10. The Balaban J connectivity index is 3.03. The van der Waals surface area contributed by atoms with E-state index in [4.69, 9.17) is 9.47 Å². The van der Waals surface area contributed by atoms with Crippen molar-refractivity contribution in [2.24, 2.45) is 0 Å². The topological polar surface area (TPSA) is 103 Å². The van der Waals surface area contributed by atoms with Crippen molar-refractivity contribution in [1.29, 1.82) is 0 Å². The van der Waals surface area contributed by atoms with Crippen molar-refractivity contribution in [3.63, 3.8) is 0 Å². The Labute approximate surface area is 144 Å². The van der Waals surface area contributed by atoms with E-state index in [-0.39, 0.29) is 27.8 Å². The van der Waals surface area contributed by atoms with E-state index in [1.54, 1.807) is 26.0 Å². The van der Waals surface area contributed by atoms with Gasteiger partial charge in [0.2, 0.25) is 0 Å². The van der Waals surface area contributed by atoms with E-state index in [0.717, 1.165) is 0 Å². The van der Waals surface area contributed by atoms with Gasteiger partial charge in [0.1, 0.15) is 0 Å². The molecule has 0 aliphatic carbocycles. The van der Waals surface area contributed by atoms with Crippen LogP contribution in [-0.4, -0.2) is 42.2 Å². The smallest absolute Gasteiger partial charge is 0.340 e. The number of carbonyl (C=O) groups excluding carboxylic acids is 2. The molecule has 0 aliphatic rings. The van der Waals surface area contributed by atoms with Gasteiger partial charge in [-0.25, -0.2) is 14.4 Å². The molecule has 0 saturated carbocycles. The van der Waals surface area contributed by atoms with Crippen LogP contribution in [0.3, 0.4) is 0 Å². The van der Waals surface area contributed by atoms with Crippen LogP contribution in [0.2, 0.25) is 0 Å². The van der Waals surface area contributed by atoms with Crippen molar-refractivity contribution >= 4 is 17.9 Å². The van der Waals surface area contributed by atoms with Gasteiger partial charge < -0.3 is 14.6 Å². The number of hydrogen-bond acceptors (Lipinski definition) is 6. The summed E-state index contributed by atoms with van der Waals surface area (Å²) in [6.45, 7) is 3.18. The Kier molecular flexibility index (Phi) is 5.17. The average Bonchev–Trinajstić information content (AvgIpc) is 2.59. The van der Waals surface area contributed by atoms with Crippen LogP contribution in [0, 0.1) is 13.8 Å². The molecule has 0 radical (unpaired) electrons. The SMILES string of the molecule is COC(=O)c1c(C)nc(C)c(C(=O)OC)c1-c1ccccc1C(=O)O. The van der Waals surface area contributed by atoms with Gasteiger partial charge in [0, 0.05) is 5.56 Å². The zero-order chi connectivity index (χ0) is 18.7. The van der Waals surface area contributed by atoms with E-state index < -0.39 is 17.9 Å². The van der Waals surface area contributed by atoms with Crippen LogP contribution in [0.5, 0.6) is 0 Å². The number of esters is 2. The van der Waals surface area contributed by atoms with E-state index in [9.17, 15) is 19.5 Å². The molecule has 7 nitrogen and oxygen atoms in total. The van der Waals surface area contributed by atoms with Crippen molar-refractivity contribution in [3.8, 4) is 11.1 Å². The molecule has 0 amide bonds. The molecule has 1 heterocycles. The van der Waals surface area contributed by atoms with Gasteiger partial charge in [-0.15, -0.1) is 0 Å². The van der Waals surface area contributed by atoms with Gasteiger partial charge in [-0.05, 0) is 25.5 Å². The highest BCUT2D eigenvalue weighted by Crippen LogP contribution is 2.34. The summed E-state index contributed by atoms with van der Waals surface area (Å²) in [6, 6.07) is 6.10. The van der Waals surface area contributed by atoms with Gasteiger partial charge in [-0.1, -0.05) is 18.2 Å². The first-order chi connectivity index (χ1) is 11.8. The number of carboxylic acids is 1. The normalized spacial score (nSPS) is 10.2. The first-order valence-corrected chi connectivity index (χ1v) is 7.34. The molecule has 1 aromatic heterocycles. The van der Waals surface area contributed by atoms with E-state index >= 15 is 0 Å². The number of ether oxygens (including phenoxy) is 2. The number of benzene rings is 1. The van der Waals surface area contributed by atoms with Gasteiger partial charge in [0.15, 0.2) is 0 Å². The van der Waals surface area contributed by atoms with Crippen LogP contribution in [-0.2, 0) is 9.47 Å². The number of rotatable bonds is 4. The molecular formula is C18H17NO6. The molecule has 2 rings (SSSR count). The molecule has 0 fully saturated rings. The molecular weight excluding hydrogens is 326 g/mol. The fourth-order valence-electron chi connectivity index (χ4n) is 2.71. The summed E-state index contributed by atoms with van der Waals surface area (Å²) in [5, 5.41) is 9.49. The fraction of sp³-hybridized carbons (Fsp3) is 0.222. The number of aromatic carboxylic acids is 1. The lowest BCUT2D eigenvalue weighted by Crippen LogP contribution is -2.17. The molecule has 0 saturated heterocycles. The van der Waals surface area contributed by atoms with E-state index in [0.29, 0.717) is 11.4 Å². The molecule has 1 N–H and O–H groups in total. The number of pyridine rings is 1. The second-order valence-electron chi connectivity index (χ2n) is 5.24. The number of methoxy groups -OCH3 is 2. The standard InChI is InChI=1S/C18H17NO6/c1-9-13(17(22)24-3)15(14(10(2)19-9)18(23)25-4)11-7-5-6-8-12(11)16(20)21/h5-8H,1-4H3,(H,20,21). The fourth-order valence-corrected chi connectivity index (χ4v) is 2.71. The van der Waals surface area contributed by atoms with Crippen LogP contribution in [0.4, 0.5) is 0 Å². The second kappa shape index (κ2) is 7.12. The number of carbonyl (C=O) groups is 3. The number of hydrogen-bond donors (Lipinski definition) is 1. The summed E-state index contributed by atoms with van der Waals surface area (Å²) in [7, 11) is 2.40. The Morgan fingerprint density at radius 2 is 1.40 bits per heavy atom. The van der Waals surface area contributed by atoms with Crippen LogP contribution in [0.25, 0.3) is 11.1 Å². The first kappa shape index (κ1) is 18.1. The molecule has 1 aromatic carbocycles. The van der Waals surface area contributed by atoms with Crippen molar-refractivity contribution in [2.45, 2.75) is 13.8 Å². The predicted octanol–water partition coefficient (Wildman–Crippen LogP) is 2.64. The van der Waals surface area contributed by atoms with E-state index in [1.165, 1.54) is 26.4 Å². The number of nitrogens with zero attached hydrogens (tertiary/aromatic N) is 1. The lowest BCUT2D eigenvalue weighted by atomic mass is 9.89. The third-order valence-electron chi connectivity index (χ3n) is 3.76. The summed E-state index contributed by atoms with van der Waals surface area (Å²) in [5.74, 6) is -2.62. The Morgan fingerprint density at radius 1 is 0.920 bits per heavy atom. The Hall–Kier alpha value is -3.22. The van der Waals surface area contributed by atoms with E-state index in [2.05, 4.69) is 4.98 Å². The minimum absolute atomic E-state index is 0.0298. The van der Waals surface area contributed by atoms with Crippen LogP contribution >= 0.6 is 0 Å². The maximum atomic E-state index is 12.3. The molecule has 25 heavy (non-hydrogen) atoms. The van der Waals surface area contributed by atoms with Crippen molar-refractivity contribution in [1.82, 2.24) is 4.98 Å². The van der Waals surface area contributed by atoms with Crippen molar-refractivity contribution in [2.75, 3.05) is 14.2 Å². The maximum Gasteiger partial charge on any atom is 0.340 e. The number of aryl methyl sites for hydroxylation is 2. The van der Waals surface area contributed by atoms with Crippen molar-refractivity contribution < 1.29 is 29.0 Å². The minimum Gasteiger partial charge on any atom is -0.478 e. The van der Waals surface area contributed by atoms with Gasteiger partial charge >= 0.3 is 17.9 Å². The van der Waals surface area contributed by atoms with Gasteiger partial charge in [0.25, 0.3) is 0 Å². The average molecular weight is 343 g/mol. The maximum absolute atomic E-state index is 12.3. The lowest BCUT2D eigenvalue weighted by molar-refractivity contribution is 0.0596. The minimum atomic E-state index is -1.19. The summed E-state index contributed by atoms with van der Waals surface area (Å²) in [5.41, 5.74) is 1.01. The molecule has 7 heteroatoms.